The maximum Gasteiger partial charge on any atom is 0.322 e. The van der Waals surface area contributed by atoms with E-state index in [2.05, 4.69) is 10.9 Å². The fourth-order valence-electron chi connectivity index (χ4n) is 2.06. The minimum absolute atomic E-state index is 0.0244. The van der Waals surface area contributed by atoms with Crippen LogP contribution in [0, 0.1) is 0 Å². The van der Waals surface area contributed by atoms with Crippen molar-refractivity contribution >= 4 is 5.97 Å². The molecule has 4 nitrogen and oxygen atoms in total. The number of carboxylic acids is 1. The monoisotopic (exact) mass is 206 g/mol. The number of rotatable bonds is 2. The van der Waals surface area contributed by atoms with E-state index in [4.69, 9.17) is 5.11 Å². The number of carboxylic acid groups (broad SMARTS) is 1. The van der Waals surface area contributed by atoms with Crippen LogP contribution in [0.5, 0.6) is 0 Å². The SMILES string of the molecule is CC1NNC(C(=O)O)C1c1ccccc1. The van der Waals surface area contributed by atoms with Crippen LogP contribution in [-0.4, -0.2) is 23.2 Å². The van der Waals surface area contributed by atoms with Crippen molar-refractivity contribution in [1.29, 1.82) is 0 Å². The first-order valence-corrected chi connectivity index (χ1v) is 4.99. The topological polar surface area (TPSA) is 61.4 Å². The average molecular weight is 206 g/mol. The minimum Gasteiger partial charge on any atom is -0.480 e. The van der Waals surface area contributed by atoms with Gasteiger partial charge < -0.3 is 5.11 Å². The molecule has 3 N–H and O–H groups in total. The van der Waals surface area contributed by atoms with E-state index >= 15 is 0 Å². The highest BCUT2D eigenvalue weighted by Crippen LogP contribution is 2.26. The molecule has 1 aromatic rings. The molecule has 0 aliphatic carbocycles. The summed E-state index contributed by atoms with van der Waals surface area (Å²) in [6, 6.07) is 9.28. The predicted octanol–water partition coefficient (Wildman–Crippen LogP) is 0.720. The maximum absolute atomic E-state index is 11.0. The quantitative estimate of drug-likeness (QED) is 0.667. The van der Waals surface area contributed by atoms with E-state index in [-0.39, 0.29) is 12.0 Å². The summed E-state index contributed by atoms with van der Waals surface area (Å²) in [7, 11) is 0. The van der Waals surface area contributed by atoms with Gasteiger partial charge in [0.2, 0.25) is 0 Å². The Morgan fingerprint density at radius 2 is 1.93 bits per heavy atom. The Bertz CT molecular complexity index is 353. The van der Waals surface area contributed by atoms with Crippen LogP contribution in [0.15, 0.2) is 30.3 Å². The normalized spacial score (nSPS) is 30.3. The standard InChI is InChI=1S/C11H14N2O2/c1-7-9(8-5-3-2-4-6-8)10(11(14)15)13-12-7/h2-7,9-10,12-13H,1H3,(H,14,15). The first kappa shape index (κ1) is 10.1. The van der Waals surface area contributed by atoms with Gasteiger partial charge in [-0.05, 0) is 12.5 Å². The third-order valence-electron chi connectivity index (χ3n) is 2.81. The van der Waals surface area contributed by atoms with Crippen LogP contribution in [0.2, 0.25) is 0 Å². The van der Waals surface area contributed by atoms with Crippen molar-refractivity contribution in [3.8, 4) is 0 Å². The number of benzene rings is 1. The summed E-state index contributed by atoms with van der Waals surface area (Å²) in [4.78, 5) is 11.0. The van der Waals surface area contributed by atoms with Gasteiger partial charge in [0.1, 0.15) is 6.04 Å². The Morgan fingerprint density at radius 1 is 1.27 bits per heavy atom. The van der Waals surface area contributed by atoms with E-state index < -0.39 is 12.0 Å². The molecule has 0 amide bonds. The number of nitrogens with one attached hydrogen (secondary N) is 2. The zero-order chi connectivity index (χ0) is 10.8. The van der Waals surface area contributed by atoms with Crippen molar-refractivity contribution < 1.29 is 9.90 Å². The first-order chi connectivity index (χ1) is 7.20. The van der Waals surface area contributed by atoms with Gasteiger partial charge in [0, 0.05) is 12.0 Å². The van der Waals surface area contributed by atoms with E-state index in [1.165, 1.54) is 0 Å². The fourth-order valence-corrected chi connectivity index (χ4v) is 2.06. The molecule has 1 saturated heterocycles. The van der Waals surface area contributed by atoms with Gasteiger partial charge in [0.05, 0.1) is 0 Å². The largest absolute Gasteiger partial charge is 0.480 e. The van der Waals surface area contributed by atoms with Crippen molar-refractivity contribution in [3.05, 3.63) is 35.9 Å². The molecular weight excluding hydrogens is 192 g/mol. The van der Waals surface area contributed by atoms with Gasteiger partial charge in [0.25, 0.3) is 0 Å². The predicted molar refractivity (Wildman–Crippen MR) is 56.3 cm³/mol. The highest BCUT2D eigenvalue weighted by Gasteiger charge is 2.38. The van der Waals surface area contributed by atoms with Crippen molar-refractivity contribution in [2.75, 3.05) is 0 Å². The van der Waals surface area contributed by atoms with E-state index in [0.29, 0.717) is 0 Å². The van der Waals surface area contributed by atoms with Crippen molar-refractivity contribution in [1.82, 2.24) is 10.9 Å². The zero-order valence-electron chi connectivity index (χ0n) is 8.47. The van der Waals surface area contributed by atoms with Crippen LogP contribution in [0.3, 0.4) is 0 Å². The lowest BCUT2D eigenvalue weighted by Gasteiger charge is -2.18. The van der Waals surface area contributed by atoms with Crippen LogP contribution in [-0.2, 0) is 4.79 Å². The summed E-state index contributed by atoms with van der Waals surface area (Å²) in [5, 5.41) is 9.06. The summed E-state index contributed by atoms with van der Waals surface area (Å²) >= 11 is 0. The summed E-state index contributed by atoms with van der Waals surface area (Å²) in [6.45, 7) is 1.98. The Kier molecular flexibility index (Phi) is 2.70. The molecule has 1 aliphatic rings. The van der Waals surface area contributed by atoms with Gasteiger partial charge in [-0.15, -0.1) is 0 Å². The van der Waals surface area contributed by atoms with E-state index in [1.54, 1.807) is 0 Å². The van der Waals surface area contributed by atoms with Crippen LogP contribution >= 0.6 is 0 Å². The zero-order valence-corrected chi connectivity index (χ0v) is 8.47. The number of aliphatic carboxylic acids is 1. The highest BCUT2D eigenvalue weighted by atomic mass is 16.4. The maximum atomic E-state index is 11.0. The Balaban J connectivity index is 2.29. The Labute approximate surface area is 88.3 Å². The number of carbonyl (C=O) groups is 1. The van der Waals surface area contributed by atoms with Gasteiger partial charge >= 0.3 is 5.97 Å². The van der Waals surface area contributed by atoms with Crippen LogP contribution in [0.25, 0.3) is 0 Å². The smallest absolute Gasteiger partial charge is 0.322 e. The lowest BCUT2D eigenvalue weighted by Crippen LogP contribution is -2.38. The minimum atomic E-state index is -0.819. The lowest BCUT2D eigenvalue weighted by molar-refractivity contribution is -0.139. The molecule has 0 aromatic heterocycles. The van der Waals surface area contributed by atoms with E-state index in [1.807, 2.05) is 37.3 Å². The van der Waals surface area contributed by atoms with Crippen LogP contribution in [0.1, 0.15) is 18.4 Å². The van der Waals surface area contributed by atoms with Gasteiger partial charge in [-0.1, -0.05) is 30.3 Å². The molecule has 1 fully saturated rings. The number of hydrogen-bond acceptors (Lipinski definition) is 3. The summed E-state index contributed by atoms with van der Waals surface area (Å²) < 4.78 is 0. The Hall–Kier alpha value is -1.39. The highest BCUT2D eigenvalue weighted by molar-refractivity contribution is 5.75. The Morgan fingerprint density at radius 3 is 2.53 bits per heavy atom. The molecule has 15 heavy (non-hydrogen) atoms. The van der Waals surface area contributed by atoms with Crippen molar-refractivity contribution in [2.45, 2.75) is 24.9 Å². The summed E-state index contributed by atoms with van der Waals surface area (Å²) in [5.41, 5.74) is 6.82. The molecule has 0 saturated carbocycles. The molecule has 0 radical (unpaired) electrons. The fraction of sp³-hybridized carbons (Fsp3) is 0.364. The molecule has 0 bridgehead atoms. The van der Waals surface area contributed by atoms with E-state index in [0.717, 1.165) is 5.56 Å². The third kappa shape index (κ3) is 1.86. The van der Waals surface area contributed by atoms with Crippen LogP contribution in [0.4, 0.5) is 0 Å². The molecule has 4 heteroatoms. The first-order valence-electron chi connectivity index (χ1n) is 4.99. The molecule has 2 rings (SSSR count). The van der Waals surface area contributed by atoms with Gasteiger partial charge in [-0.25, -0.2) is 5.43 Å². The molecule has 3 unspecified atom stereocenters. The number of hydrazine groups is 1. The third-order valence-corrected chi connectivity index (χ3v) is 2.81. The second-order valence-electron chi connectivity index (χ2n) is 3.83. The second-order valence-corrected chi connectivity index (χ2v) is 3.83. The van der Waals surface area contributed by atoms with Gasteiger partial charge in [-0.3, -0.25) is 10.2 Å². The summed E-state index contributed by atoms with van der Waals surface area (Å²) in [5.74, 6) is -0.843. The van der Waals surface area contributed by atoms with Crippen molar-refractivity contribution in [2.24, 2.45) is 0 Å². The number of hydrogen-bond donors (Lipinski definition) is 3. The molecule has 1 aliphatic heterocycles. The molecule has 80 valence electrons. The molecule has 1 heterocycles. The van der Waals surface area contributed by atoms with Crippen LogP contribution < -0.4 is 10.9 Å². The van der Waals surface area contributed by atoms with Gasteiger partial charge in [0.15, 0.2) is 0 Å². The summed E-state index contributed by atoms with van der Waals surface area (Å²) in [6.07, 6.45) is 0. The lowest BCUT2D eigenvalue weighted by atomic mass is 9.88. The average Bonchev–Trinajstić information content (AvgIpc) is 2.61. The van der Waals surface area contributed by atoms with Gasteiger partial charge in [-0.2, -0.15) is 0 Å². The molecule has 3 atom stereocenters. The molecular formula is C11H14N2O2. The second kappa shape index (κ2) is 4.00. The van der Waals surface area contributed by atoms with E-state index in [9.17, 15) is 4.79 Å². The van der Waals surface area contributed by atoms with Crippen molar-refractivity contribution in [3.63, 3.8) is 0 Å². The molecule has 0 spiro atoms. The molecule has 1 aromatic carbocycles.